The number of fused-ring (bicyclic) bond motifs is 1. The molecule has 27 heavy (non-hydrogen) atoms. The van der Waals surface area contributed by atoms with Gasteiger partial charge < -0.3 is 9.64 Å². The molecule has 5 heteroatoms. The van der Waals surface area contributed by atoms with E-state index in [1.165, 1.54) is 5.56 Å². The van der Waals surface area contributed by atoms with Gasteiger partial charge in [-0.2, -0.15) is 0 Å². The van der Waals surface area contributed by atoms with Gasteiger partial charge in [-0.15, -0.1) is 0 Å². The Bertz CT molecular complexity index is 966. The molecule has 0 bridgehead atoms. The van der Waals surface area contributed by atoms with Crippen LogP contribution in [0.1, 0.15) is 22.8 Å². The summed E-state index contributed by atoms with van der Waals surface area (Å²) < 4.78 is 5.18. The summed E-state index contributed by atoms with van der Waals surface area (Å²) in [5.74, 6) is 0.326. The lowest BCUT2D eigenvalue weighted by atomic mass is 9.91. The third kappa shape index (κ3) is 3.76. The molecular weight excluding hydrogens is 360 g/mol. The van der Waals surface area contributed by atoms with E-state index in [0.717, 1.165) is 41.1 Å². The van der Waals surface area contributed by atoms with Crippen LogP contribution < -0.4 is 4.90 Å². The molecule has 0 aliphatic carbocycles. The number of carbonyl (C=O) groups is 1. The lowest BCUT2D eigenvalue weighted by Crippen LogP contribution is -2.47. The first kappa shape index (κ1) is 17.8. The molecule has 0 unspecified atom stereocenters. The summed E-state index contributed by atoms with van der Waals surface area (Å²) >= 11 is 5.96. The van der Waals surface area contributed by atoms with Gasteiger partial charge in [0.1, 0.15) is 0 Å². The highest BCUT2D eigenvalue weighted by Crippen LogP contribution is 2.30. The fourth-order valence-corrected chi connectivity index (χ4v) is 3.71. The Balaban J connectivity index is 1.49. The molecule has 1 saturated heterocycles. The maximum atomic E-state index is 12.2. The van der Waals surface area contributed by atoms with E-state index < -0.39 is 0 Å². The van der Waals surface area contributed by atoms with Gasteiger partial charge in [-0.25, -0.2) is 4.79 Å². The zero-order chi connectivity index (χ0) is 18.8. The van der Waals surface area contributed by atoms with Crippen molar-refractivity contribution in [2.75, 3.05) is 24.6 Å². The van der Waals surface area contributed by atoms with E-state index in [9.17, 15) is 4.79 Å². The number of halogens is 1. The molecule has 1 fully saturated rings. The summed E-state index contributed by atoms with van der Waals surface area (Å²) in [5.41, 5.74) is 3.81. The van der Waals surface area contributed by atoms with Gasteiger partial charge in [0.15, 0.2) is 0 Å². The first-order chi connectivity index (χ1) is 13.1. The van der Waals surface area contributed by atoms with Crippen LogP contribution in [0.5, 0.6) is 0 Å². The number of esters is 1. The summed E-state index contributed by atoms with van der Waals surface area (Å²) in [5, 5.41) is 1.62. The van der Waals surface area contributed by atoms with Crippen molar-refractivity contribution in [3.05, 3.63) is 70.9 Å². The summed E-state index contributed by atoms with van der Waals surface area (Å²) in [4.78, 5) is 18.9. The van der Waals surface area contributed by atoms with Gasteiger partial charge >= 0.3 is 5.97 Å². The van der Waals surface area contributed by atoms with Crippen molar-refractivity contribution in [2.45, 2.75) is 13.3 Å². The van der Waals surface area contributed by atoms with E-state index in [1.807, 2.05) is 31.2 Å². The third-order valence-corrected chi connectivity index (χ3v) is 5.23. The molecule has 0 radical (unpaired) electrons. The number of rotatable bonds is 5. The average molecular weight is 381 g/mol. The van der Waals surface area contributed by atoms with E-state index in [2.05, 4.69) is 28.1 Å². The first-order valence-corrected chi connectivity index (χ1v) is 9.57. The van der Waals surface area contributed by atoms with E-state index in [0.29, 0.717) is 18.1 Å². The number of anilines is 1. The van der Waals surface area contributed by atoms with Gasteiger partial charge in [0.25, 0.3) is 0 Å². The second-order valence-corrected chi connectivity index (χ2v) is 7.32. The molecule has 2 heterocycles. The Hall–Kier alpha value is -2.59. The molecule has 1 aliphatic rings. The number of nitrogens with zero attached hydrogens (tertiary/aromatic N) is 2. The Morgan fingerprint density at radius 3 is 2.70 bits per heavy atom. The van der Waals surface area contributed by atoms with Crippen molar-refractivity contribution < 1.29 is 9.53 Å². The van der Waals surface area contributed by atoms with Crippen molar-refractivity contribution >= 4 is 34.2 Å². The second kappa shape index (κ2) is 7.57. The molecule has 4 rings (SSSR count). The molecule has 4 nitrogen and oxygen atoms in total. The molecule has 0 saturated carbocycles. The van der Waals surface area contributed by atoms with Crippen molar-refractivity contribution in [3.63, 3.8) is 0 Å². The van der Waals surface area contributed by atoms with Crippen molar-refractivity contribution in [3.8, 4) is 0 Å². The monoisotopic (exact) mass is 380 g/mol. The molecule has 1 aliphatic heterocycles. The second-order valence-electron chi connectivity index (χ2n) is 6.88. The van der Waals surface area contributed by atoms with E-state index in [-0.39, 0.29) is 5.97 Å². The minimum Gasteiger partial charge on any atom is -0.462 e. The Labute approximate surface area is 163 Å². The maximum Gasteiger partial charge on any atom is 0.338 e. The molecule has 138 valence electrons. The van der Waals surface area contributed by atoms with Crippen LogP contribution in [0.15, 0.2) is 54.7 Å². The predicted octanol–water partition coefficient (Wildman–Crippen LogP) is 4.74. The van der Waals surface area contributed by atoms with Gasteiger partial charge in [0.2, 0.25) is 0 Å². The molecule has 2 aromatic carbocycles. The third-order valence-electron chi connectivity index (χ3n) is 4.98. The fourth-order valence-electron chi connectivity index (χ4n) is 3.58. The van der Waals surface area contributed by atoms with E-state index >= 15 is 0 Å². The summed E-state index contributed by atoms with van der Waals surface area (Å²) in [6.07, 6.45) is 2.71. The molecule has 1 aromatic heterocycles. The van der Waals surface area contributed by atoms with Crippen LogP contribution in [0, 0.1) is 5.92 Å². The van der Waals surface area contributed by atoms with Gasteiger partial charge in [-0.05, 0) is 61.2 Å². The Morgan fingerprint density at radius 1 is 1.19 bits per heavy atom. The summed E-state index contributed by atoms with van der Waals surface area (Å²) in [6.45, 7) is 4.18. The minimum atomic E-state index is -0.300. The molecule has 3 aromatic rings. The van der Waals surface area contributed by atoms with Crippen molar-refractivity contribution in [2.24, 2.45) is 5.92 Å². The van der Waals surface area contributed by atoms with Crippen LogP contribution in [0.4, 0.5) is 5.69 Å². The van der Waals surface area contributed by atoms with E-state index in [1.54, 1.807) is 12.3 Å². The van der Waals surface area contributed by atoms with Crippen LogP contribution in [0.25, 0.3) is 10.9 Å². The lowest BCUT2D eigenvalue weighted by molar-refractivity contribution is 0.0528. The van der Waals surface area contributed by atoms with Crippen LogP contribution in [-0.4, -0.2) is 30.6 Å². The molecule has 0 amide bonds. The quantitative estimate of drug-likeness (QED) is 0.599. The van der Waals surface area contributed by atoms with Crippen LogP contribution >= 0.6 is 11.6 Å². The molecule has 0 atom stereocenters. The number of hydrogen-bond acceptors (Lipinski definition) is 4. The van der Waals surface area contributed by atoms with Crippen LogP contribution in [0.3, 0.4) is 0 Å². The highest BCUT2D eigenvalue weighted by molar-refractivity contribution is 6.30. The number of ether oxygens (including phenoxy) is 1. The smallest absolute Gasteiger partial charge is 0.338 e. The molecule has 0 spiro atoms. The van der Waals surface area contributed by atoms with Gasteiger partial charge in [-0.1, -0.05) is 23.7 Å². The topological polar surface area (TPSA) is 42.4 Å². The highest BCUT2D eigenvalue weighted by atomic mass is 35.5. The Kier molecular flexibility index (Phi) is 4.99. The molecular formula is C22H21ClN2O2. The Morgan fingerprint density at radius 2 is 1.96 bits per heavy atom. The van der Waals surface area contributed by atoms with Gasteiger partial charge in [0.05, 0.1) is 17.7 Å². The SMILES string of the molecule is CCOC(=O)c1ccnc2ccc(N3CC(Cc4ccc(Cl)cc4)C3)cc12. The maximum absolute atomic E-state index is 12.2. The summed E-state index contributed by atoms with van der Waals surface area (Å²) in [7, 11) is 0. The number of carbonyl (C=O) groups excluding carboxylic acids is 1. The van der Waals surface area contributed by atoms with Gasteiger partial charge in [0, 0.05) is 35.4 Å². The van der Waals surface area contributed by atoms with Crippen LogP contribution in [0.2, 0.25) is 5.02 Å². The standard InChI is InChI=1S/C22H21ClN2O2/c1-2-27-22(26)19-9-10-24-21-8-7-18(12-20(19)21)25-13-16(14-25)11-15-3-5-17(23)6-4-15/h3-10,12,16H,2,11,13-14H2,1H3. The summed E-state index contributed by atoms with van der Waals surface area (Å²) in [6, 6.07) is 15.9. The lowest BCUT2D eigenvalue weighted by Gasteiger charge is -2.41. The number of benzene rings is 2. The predicted molar refractivity (Wildman–Crippen MR) is 109 cm³/mol. The zero-order valence-corrected chi connectivity index (χ0v) is 15.9. The molecule has 0 N–H and O–H groups in total. The van der Waals surface area contributed by atoms with Crippen LogP contribution in [-0.2, 0) is 11.2 Å². The number of pyridine rings is 1. The number of hydrogen-bond donors (Lipinski definition) is 0. The van der Waals surface area contributed by atoms with Crippen molar-refractivity contribution in [1.82, 2.24) is 4.98 Å². The zero-order valence-electron chi connectivity index (χ0n) is 15.2. The largest absolute Gasteiger partial charge is 0.462 e. The minimum absolute atomic E-state index is 0.300. The number of aromatic nitrogens is 1. The normalized spacial score (nSPS) is 14.2. The highest BCUT2D eigenvalue weighted by Gasteiger charge is 2.27. The van der Waals surface area contributed by atoms with Crippen molar-refractivity contribution in [1.29, 1.82) is 0 Å². The van der Waals surface area contributed by atoms with Gasteiger partial charge in [-0.3, -0.25) is 4.98 Å². The average Bonchev–Trinajstić information content (AvgIpc) is 2.65. The fraction of sp³-hybridized carbons (Fsp3) is 0.273. The first-order valence-electron chi connectivity index (χ1n) is 9.19. The van der Waals surface area contributed by atoms with E-state index in [4.69, 9.17) is 16.3 Å².